The van der Waals surface area contributed by atoms with E-state index in [-0.39, 0.29) is 0 Å². The molecule has 0 spiro atoms. The highest BCUT2D eigenvalue weighted by Crippen LogP contribution is 2.14. The molecule has 0 N–H and O–H groups in total. The summed E-state index contributed by atoms with van der Waals surface area (Å²) in [6.45, 7) is 10.9. The van der Waals surface area contributed by atoms with Crippen LogP contribution < -0.4 is 0 Å². The Morgan fingerprint density at radius 1 is 1.53 bits per heavy atom. The molecule has 0 heterocycles. The molecule has 0 aromatic carbocycles. The minimum atomic E-state index is 0.349. The van der Waals surface area contributed by atoms with E-state index in [1.165, 1.54) is 18.4 Å². The van der Waals surface area contributed by atoms with E-state index in [4.69, 9.17) is 0 Å². The first-order valence-corrected chi connectivity index (χ1v) is 6.19. The van der Waals surface area contributed by atoms with Crippen molar-refractivity contribution < 1.29 is 0 Å². The largest absolute Gasteiger partial charge is 0.295 e. The van der Waals surface area contributed by atoms with E-state index in [9.17, 15) is 0 Å². The van der Waals surface area contributed by atoms with Crippen molar-refractivity contribution in [1.29, 1.82) is 0 Å². The van der Waals surface area contributed by atoms with Gasteiger partial charge in [-0.05, 0) is 38.0 Å². The van der Waals surface area contributed by atoms with Crippen LogP contribution in [0.15, 0.2) is 60.8 Å². The van der Waals surface area contributed by atoms with Gasteiger partial charge in [-0.25, -0.2) is 0 Å². The third kappa shape index (κ3) is 4.58. The Labute approximate surface area is 106 Å². The van der Waals surface area contributed by atoms with Gasteiger partial charge in [0.1, 0.15) is 0 Å². The van der Waals surface area contributed by atoms with Crippen molar-refractivity contribution in [2.24, 2.45) is 0 Å². The van der Waals surface area contributed by atoms with Gasteiger partial charge in [0.2, 0.25) is 0 Å². The molecule has 0 saturated heterocycles. The molecule has 0 fully saturated rings. The van der Waals surface area contributed by atoms with Crippen LogP contribution in [0.1, 0.15) is 19.8 Å². The highest BCUT2D eigenvalue weighted by molar-refractivity contribution is 5.26. The predicted octanol–water partition coefficient (Wildman–Crippen LogP) is 3.88. The lowest BCUT2D eigenvalue weighted by Gasteiger charge is -2.26. The second-order valence-corrected chi connectivity index (χ2v) is 4.52. The smallest absolute Gasteiger partial charge is 0.0314 e. The molecule has 1 rings (SSSR count). The maximum Gasteiger partial charge on any atom is 0.0314 e. The van der Waals surface area contributed by atoms with Crippen molar-refractivity contribution in [3.63, 3.8) is 0 Å². The fraction of sp³-hybridized carbons (Fsp3) is 0.375. The molecule has 0 radical (unpaired) electrons. The molecule has 0 aliphatic heterocycles. The van der Waals surface area contributed by atoms with Gasteiger partial charge >= 0.3 is 0 Å². The van der Waals surface area contributed by atoms with Gasteiger partial charge in [-0.2, -0.15) is 0 Å². The number of rotatable bonds is 6. The molecule has 1 aliphatic carbocycles. The highest BCUT2D eigenvalue weighted by atomic mass is 15.1. The average Bonchev–Trinajstić information content (AvgIpc) is 2.36. The molecule has 0 bridgehead atoms. The van der Waals surface area contributed by atoms with Crippen LogP contribution in [0.5, 0.6) is 0 Å². The van der Waals surface area contributed by atoms with Gasteiger partial charge in [-0.1, -0.05) is 49.6 Å². The van der Waals surface area contributed by atoms with Gasteiger partial charge in [0.15, 0.2) is 0 Å². The van der Waals surface area contributed by atoms with Gasteiger partial charge in [-0.3, -0.25) is 4.90 Å². The van der Waals surface area contributed by atoms with Crippen LogP contribution in [0.3, 0.4) is 0 Å². The van der Waals surface area contributed by atoms with Gasteiger partial charge in [0, 0.05) is 12.6 Å². The molecule has 1 heteroatoms. The Morgan fingerprint density at radius 2 is 2.29 bits per heavy atom. The van der Waals surface area contributed by atoms with E-state index in [1.54, 1.807) is 6.08 Å². The van der Waals surface area contributed by atoms with Crippen LogP contribution in [0.2, 0.25) is 0 Å². The van der Waals surface area contributed by atoms with E-state index in [1.807, 2.05) is 12.2 Å². The first kappa shape index (κ1) is 13.7. The normalized spacial score (nSPS) is 17.2. The Kier molecular flexibility index (Phi) is 5.71. The van der Waals surface area contributed by atoms with Crippen LogP contribution in [0.25, 0.3) is 0 Å². The summed E-state index contributed by atoms with van der Waals surface area (Å²) in [5, 5.41) is 0. The van der Waals surface area contributed by atoms with E-state index < -0.39 is 0 Å². The summed E-state index contributed by atoms with van der Waals surface area (Å²) in [5.74, 6) is 0. The van der Waals surface area contributed by atoms with E-state index >= 15 is 0 Å². The molecule has 0 amide bonds. The van der Waals surface area contributed by atoms with Crippen LogP contribution >= 0.6 is 0 Å². The van der Waals surface area contributed by atoms with E-state index in [0.717, 1.165) is 12.1 Å². The van der Waals surface area contributed by atoms with Crippen molar-refractivity contribution in [3.05, 3.63) is 60.8 Å². The fourth-order valence-corrected chi connectivity index (χ4v) is 1.82. The maximum absolute atomic E-state index is 4.09. The standard InChI is InChI=1S/C16H23N/c1-5-6-10-14(2)15(3)17(4)13-16-11-8-7-9-12-16/h5-6,8,10-12,15H,1-2,7,9,13H2,3-4H3/b10-6-. The van der Waals surface area contributed by atoms with Crippen LogP contribution in [-0.4, -0.2) is 24.5 Å². The fourth-order valence-electron chi connectivity index (χ4n) is 1.82. The molecule has 1 atom stereocenters. The summed E-state index contributed by atoms with van der Waals surface area (Å²) in [4.78, 5) is 2.32. The van der Waals surface area contributed by atoms with E-state index in [0.29, 0.717) is 6.04 Å². The predicted molar refractivity (Wildman–Crippen MR) is 77.0 cm³/mol. The average molecular weight is 229 g/mol. The third-order valence-corrected chi connectivity index (χ3v) is 3.15. The second kappa shape index (κ2) is 7.08. The SMILES string of the molecule is C=C/C=C\C(=C)C(C)N(C)CC1=CCCC=C1. The molecule has 92 valence electrons. The van der Waals surface area contributed by atoms with Crippen molar-refractivity contribution in [2.75, 3.05) is 13.6 Å². The molecular formula is C16H23N. The zero-order valence-corrected chi connectivity index (χ0v) is 11.0. The second-order valence-electron chi connectivity index (χ2n) is 4.52. The molecule has 1 aliphatic rings. The minimum absolute atomic E-state index is 0.349. The molecule has 1 unspecified atom stereocenters. The van der Waals surface area contributed by atoms with Gasteiger partial charge in [-0.15, -0.1) is 0 Å². The Balaban J connectivity index is 2.51. The monoisotopic (exact) mass is 229 g/mol. The van der Waals surface area contributed by atoms with Crippen molar-refractivity contribution >= 4 is 0 Å². The topological polar surface area (TPSA) is 3.24 Å². The number of allylic oxidation sites excluding steroid dienone is 4. The number of hydrogen-bond acceptors (Lipinski definition) is 1. The van der Waals surface area contributed by atoms with Crippen molar-refractivity contribution in [3.8, 4) is 0 Å². The first-order valence-electron chi connectivity index (χ1n) is 6.19. The maximum atomic E-state index is 4.09. The van der Waals surface area contributed by atoms with Gasteiger partial charge in [0.25, 0.3) is 0 Å². The first-order chi connectivity index (χ1) is 8.15. The highest BCUT2D eigenvalue weighted by Gasteiger charge is 2.11. The molecule has 0 aromatic rings. The van der Waals surface area contributed by atoms with Crippen LogP contribution in [0, 0.1) is 0 Å². The molecule has 0 saturated carbocycles. The van der Waals surface area contributed by atoms with Crippen LogP contribution in [-0.2, 0) is 0 Å². The summed E-state index contributed by atoms with van der Waals surface area (Å²) in [7, 11) is 2.14. The summed E-state index contributed by atoms with van der Waals surface area (Å²) < 4.78 is 0. The Hall–Kier alpha value is -1.34. The van der Waals surface area contributed by atoms with Gasteiger partial charge in [0.05, 0.1) is 0 Å². The molecule has 0 aromatic heterocycles. The van der Waals surface area contributed by atoms with Crippen molar-refractivity contribution in [1.82, 2.24) is 4.90 Å². The van der Waals surface area contributed by atoms with Gasteiger partial charge < -0.3 is 0 Å². The summed E-state index contributed by atoms with van der Waals surface area (Å²) in [5.41, 5.74) is 2.53. The zero-order chi connectivity index (χ0) is 12.7. The lowest BCUT2D eigenvalue weighted by atomic mass is 10.0. The van der Waals surface area contributed by atoms with Crippen molar-refractivity contribution in [2.45, 2.75) is 25.8 Å². The number of nitrogens with zero attached hydrogens (tertiary/aromatic N) is 1. The van der Waals surface area contributed by atoms with E-state index in [2.05, 4.69) is 50.3 Å². The molecule has 17 heavy (non-hydrogen) atoms. The van der Waals surface area contributed by atoms with Crippen LogP contribution in [0.4, 0.5) is 0 Å². The minimum Gasteiger partial charge on any atom is -0.295 e. The Bertz CT molecular complexity index is 358. The molecule has 1 nitrogen and oxygen atoms in total. The zero-order valence-electron chi connectivity index (χ0n) is 11.0. The lowest BCUT2D eigenvalue weighted by molar-refractivity contribution is 0.316. The summed E-state index contributed by atoms with van der Waals surface area (Å²) >= 11 is 0. The number of likely N-dealkylation sites (N-methyl/N-ethyl adjacent to an activating group) is 1. The number of hydrogen-bond donors (Lipinski definition) is 0. The Morgan fingerprint density at radius 3 is 2.88 bits per heavy atom. The summed E-state index contributed by atoms with van der Waals surface area (Å²) in [6.07, 6.45) is 14.9. The quantitative estimate of drug-likeness (QED) is 0.625. The lowest BCUT2D eigenvalue weighted by Crippen LogP contribution is -2.31. The molecular weight excluding hydrogens is 206 g/mol. The summed E-state index contributed by atoms with van der Waals surface area (Å²) in [6, 6.07) is 0.349. The third-order valence-electron chi connectivity index (χ3n) is 3.15.